The number of benzene rings is 1. The van der Waals surface area contributed by atoms with E-state index < -0.39 is 0 Å². The first kappa shape index (κ1) is 16.2. The molecule has 0 aliphatic heterocycles. The number of carbonyl (C=O) groups is 1. The van der Waals surface area contributed by atoms with Crippen LogP contribution < -0.4 is 5.32 Å². The summed E-state index contributed by atoms with van der Waals surface area (Å²) < 4.78 is 11.1. The van der Waals surface area contributed by atoms with Gasteiger partial charge < -0.3 is 8.94 Å². The first-order valence-electron chi connectivity index (χ1n) is 8.42. The number of nitrogens with zero attached hydrogens (tertiary/aromatic N) is 1. The van der Waals surface area contributed by atoms with Gasteiger partial charge in [-0.3, -0.25) is 10.1 Å². The van der Waals surface area contributed by atoms with Crippen LogP contribution in [0.3, 0.4) is 0 Å². The molecule has 2 aromatic heterocycles. The zero-order valence-corrected chi connectivity index (χ0v) is 15.2. The Morgan fingerprint density at radius 3 is 2.96 bits per heavy atom. The number of aromatic nitrogens is 1. The number of halogens is 1. The molecule has 3 aromatic rings. The van der Waals surface area contributed by atoms with E-state index in [-0.39, 0.29) is 11.7 Å². The van der Waals surface area contributed by atoms with Crippen molar-refractivity contribution in [1.29, 1.82) is 0 Å². The molecule has 5 nitrogen and oxygen atoms in total. The number of furan rings is 1. The molecule has 0 saturated carbocycles. The zero-order chi connectivity index (χ0) is 17.7. The topological polar surface area (TPSA) is 68.3 Å². The van der Waals surface area contributed by atoms with Gasteiger partial charge in [-0.2, -0.15) is 0 Å². The Morgan fingerprint density at radius 1 is 1.36 bits per heavy atom. The van der Waals surface area contributed by atoms with Crippen molar-refractivity contribution in [2.75, 3.05) is 5.32 Å². The van der Waals surface area contributed by atoms with Crippen molar-refractivity contribution in [3.8, 4) is 0 Å². The molecule has 0 fully saturated rings. The summed E-state index contributed by atoms with van der Waals surface area (Å²) in [6.45, 7) is 5.95. The van der Waals surface area contributed by atoms with Crippen LogP contribution in [0.2, 0.25) is 5.02 Å². The maximum absolute atomic E-state index is 12.7. The molecule has 0 radical (unpaired) electrons. The number of fused-ring (bicyclic) bond motifs is 2. The fourth-order valence-corrected chi connectivity index (χ4v) is 3.56. The molecule has 1 amide bonds. The number of nitrogens with one attached hydrogen (secondary N) is 1. The Morgan fingerprint density at radius 2 is 2.16 bits per heavy atom. The van der Waals surface area contributed by atoms with E-state index in [0.717, 1.165) is 47.0 Å². The lowest BCUT2D eigenvalue weighted by Gasteiger charge is -2.16. The van der Waals surface area contributed by atoms with Gasteiger partial charge in [-0.1, -0.05) is 23.7 Å². The maximum Gasteiger partial charge on any atom is 0.294 e. The second-order valence-electron chi connectivity index (χ2n) is 6.89. The third kappa shape index (κ3) is 2.72. The molecular formula is C19H19ClN2O3. The number of rotatable bonds is 2. The molecule has 1 aliphatic carbocycles. The summed E-state index contributed by atoms with van der Waals surface area (Å²) in [7, 11) is 0. The van der Waals surface area contributed by atoms with Crippen molar-refractivity contribution < 1.29 is 13.7 Å². The van der Waals surface area contributed by atoms with Crippen LogP contribution in [0, 0.1) is 19.8 Å². The Balaban J connectivity index is 1.67. The monoisotopic (exact) mass is 358 g/mol. The Hall–Kier alpha value is -2.27. The quantitative estimate of drug-likeness (QED) is 0.694. The fraction of sp³-hybridized carbons (Fsp3) is 0.368. The van der Waals surface area contributed by atoms with Gasteiger partial charge in [-0.25, -0.2) is 0 Å². The maximum atomic E-state index is 12.7. The molecule has 25 heavy (non-hydrogen) atoms. The van der Waals surface area contributed by atoms with Crippen molar-refractivity contribution in [3.63, 3.8) is 0 Å². The summed E-state index contributed by atoms with van der Waals surface area (Å²) in [6, 6.07) is 3.68. The predicted octanol–water partition coefficient (Wildman–Crippen LogP) is 5.07. The second kappa shape index (κ2) is 5.92. The van der Waals surface area contributed by atoms with Crippen LogP contribution in [0.15, 0.2) is 21.1 Å². The van der Waals surface area contributed by atoms with Crippen LogP contribution in [0.4, 0.5) is 5.88 Å². The van der Waals surface area contributed by atoms with E-state index in [9.17, 15) is 4.79 Å². The van der Waals surface area contributed by atoms with Crippen molar-refractivity contribution in [3.05, 3.63) is 45.3 Å². The van der Waals surface area contributed by atoms with Crippen molar-refractivity contribution in [2.45, 2.75) is 40.0 Å². The lowest BCUT2D eigenvalue weighted by Crippen LogP contribution is -2.16. The predicted molar refractivity (Wildman–Crippen MR) is 96.3 cm³/mol. The number of hydrogen-bond acceptors (Lipinski definition) is 4. The van der Waals surface area contributed by atoms with E-state index in [1.54, 1.807) is 0 Å². The average Bonchev–Trinajstić information content (AvgIpc) is 3.10. The highest BCUT2D eigenvalue weighted by molar-refractivity contribution is 6.32. The molecule has 6 heteroatoms. The molecule has 1 N–H and O–H groups in total. The van der Waals surface area contributed by atoms with Crippen LogP contribution >= 0.6 is 11.6 Å². The average molecular weight is 359 g/mol. The van der Waals surface area contributed by atoms with Gasteiger partial charge in [0.2, 0.25) is 5.88 Å². The highest BCUT2D eigenvalue weighted by atomic mass is 35.5. The van der Waals surface area contributed by atoms with Crippen LogP contribution in [0.1, 0.15) is 46.3 Å². The molecule has 4 rings (SSSR count). The number of anilines is 1. The van der Waals surface area contributed by atoms with E-state index in [1.807, 2.05) is 26.0 Å². The molecule has 1 aromatic carbocycles. The Kier molecular flexibility index (Phi) is 3.84. The van der Waals surface area contributed by atoms with Crippen LogP contribution in [-0.2, 0) is 12.8 Å². The first-order valence-corrected chi connectivity index (χ1v) is 8.80. The van der Waals surface area contributed by atoms with Gasteiger partial charge in [-0.15, -0.1) is 0 Å². The third-order valence-corrected chi connectivity index (χ3v) is 5.35. The van der Waals surface area contributed by atoms with Gasteiger partial charge in [0.25, 0.3) is 5.91 Å². The second-order valence-corrected chi connectivity index (χ2v) is 7.30. The zero-order valence-electron chi connectivity index (χ0n) is 14.4. The van der Waals surface area contributed by atoms with E-state index >= 15 is 0 Å². The van der Waals surface area contributed by atoms with Crippen LogP contribution in [0.25, 0.3) is 11.0 Å². The van der Waals surface area contributed by atoms with E-state index in [1.165, 1.54) is 0 Å². The summed E-state index contributed by atoms with van der Waals surface area (Å²) in [5.41, 5.74) is 4.26. The van der Waals surface area contributed by atoms with Gasteiger partial charge in [0, 0.05) is 21.5 Å². The van der Waals surface area contributed by atoms with Gasteiger partial charge in [0.05, 0.1) is 5.69 Å². The Labute approximate surface area is 150 Å². The van der Waals surface area contributed by atoms with E-state index in [4.69, 9.17) is 20.5 Å². The SMILES string of the molecule is Cc1cc2oc(C(=O)Nc3onc4c3C[C@@H](C)CC4)c(C)c2cc1Cl. The number of carbonyl (C=O) groups excluding carboxylic acids is 1. The minimum Gasteiger partial charge on any atom is -0.451 e. The highest BCUT2D eigenvalue weighted by Crippen LogP contribution is 2.33. The fourth-order valence-electron chi connectivity index (χ4n) is 3.40. The van der Waals surface area contributed by atoms with Crippen molar-refractivity contribution in [1.82, 2.24) is 5.16 Å². The summed E-state index contributed by atoms with van der Waals surface area (Å²) >= 11 is 6.19. The summed E-state index contributed by atoms with van der Waals surface area (Å²) in [5, 5.41) is 8.41. The molecular weight excluding hydrogens is 340 g/mol. The largest absolute Gasteiger partial charge is 0.451 e. The number of amides is 1. The van der Waals surface area contributed by atoms with E-state index in [0.29, 0.717) is 22.4 Å². The van der Waals surface area contributed by atoms with Crippen LogP contribution in [-0.4, -0.2) is 11.1 Å². The minimum absolute atomic E-state index is 0.269. The standard InChI is InChI=1S/C19H19ClN2O3/c1-9-4-5-15-13(6-9)19(25-22-15)21-18(23)17-11(3)12-8-14(20)10(2)7-16(12)24-17/h7-9H,4-6H2,1-3H3,(H,21,23)/t9-/m0/s1. The number of hydrogen-bond donors (Lipinski definition) is 1. The molecule has 1 atom stereocenters. The normalized spacial score (nSPS) is 16.9. The summed E-state index contributed by atoms with van der Waals surface area (Å²) in [4.78, 5) is 12.7. The molecule has 130 valence electrons. The van der Waals surface area contributed by atoms with Gasteiger partial charge in [-0.05, 0) is 56.7 Å². The smallest absolute Gasteiger partial charge is 0.294 e. The highest BCUT2D eigenvalue weighted by Gasteiger charge is 2.26. The molecule has 1 aliphatic rings. The van der Waals surface area contributed by atoms with Gasteiger partial charge in [0.1, 0.15) is 5.58 Å². The lowest BCUT2D eigenvalue weighted by molar-refractivity contribution is 0.0994. The van der Waals surface area contributed by atoms with E-state index in [2.05, 4.69) is 17.4 Å². The first-order chi connectivity index (χ1) is 11.9. The lowest BCUT2D eigenvalue weighted by atomic mass is 9.89. The molecule has 0 spiro atoms. The van der Waals surface area contributed by atoms with Gasteiger partial charge >= 0.3 is 0 Å². The molecule has 0 bridgehead atoms. The molecule has 0 saturated heterocycles. The third-order valence-electron chi connectivity index (χ3n) is 4.95. The summed E-state index contributed by atoms with van der Waals surface area (Å²) in [6.07, 6.45) is 2.84. The Bertz CT molecular complexity index is 986. The van der Waals surface area contributed by atoms with Crippen LogP contribution in [0.5, 0.6) is 0 Å². The molecule has 2 heterocycles. The minimum atomic E-state index is -0.334. The van der Waals surface area contributed by atoms with Crippen molar-refractivity contribution >= 4 is 34.4 Å². The number of aryl methyl sites for hydroxylation is 3. The summed E-state index contributed by atoms with van der Waals surface area (Å²) in [5.74, 6) is 0.923. The molecule has 0 unspecified atom stereocenters. The van der Waals surface area contributed by atoms with Gasteiger partial charge in [0.15, 0.2) is 5.76 Å². The van der Waals surface area contributed by atoms with Crippen molar-refractivity contribution in [2.24, 2.45) is 5.92 Å².